The van der Waals surface area contributed by atoms with E-state index in [0.717, 1.165) is 5.56 Å². The SMILES string of the molecule is CCN(Cc1ccccc1Cl)C(=O)CCC(=O)c1cccs1. The van der Waals surface area contributed by atoms with Crippen molar-refractivity contribution >= 4 is 34.6 Å². The summed E-state index contributed by atoms with van der Waals surface area (Å²) >= 11 is 7.54. The van der Waals surface area contributed by atoms with Crippen molar-refractivity contribution in [2.45, 2.75) is 26.3 Å². The lowest BCUT2D eigenvalue weighted by molar-refractivity contribution is -0.131. The van der Waals surface area contributed by atoms with Gasteiger partial charge in [-0.25, -0.2) is 0 Å². The first-order valence-corrected chi connectivity index (χ1v) is 8.45. The van der Waals surface area contributed by atoms with Gasteiger partial charge in [0.2, 0.25) is 5.91 Å². The van der Waals surface area contributed by atoms with Crippen LogP contribution >= 0.6 is 22.9 Å². The maximum Gasteiger partial charge on any atom is 0.223 e. The number of ketones is 1. The molecule has 0 radical (unpaired) electrons. The van der Waals surface area contributed by atoms with E-state index in [1.54, 1.807) is 11.0 Å². The second kappa shape index (κ2) is 8.11. The van der Waals surface area contributed by atoms with Gasteiger partial charge in [-0.15, -0.1) is 11.3 Å². The third kappa shape index (κ3) is 4.42. The predicted molar refractivity (Wildman–Crippen MR) is 90.4 cm³/mol. The van der Waals surface area contributed by atoms with Crippen LogP contribution in [0, 0.1) is 0 Å². The van der Waals surface area contributed by atoms with Crippen LogP contribution in [0.3, 0.4) is 0 Å². The summed E-state index contributed by atoms with van der Waals surface area (Å²) in [5.41, 5.74) is 0.920. The van der Waals surface area contributed by atoms with Crippen LogP contribution < -0.4 is 0 Å². The van der Waals surface area contributed by atoms with E-state index in [4.69, 9.17) is 11.6 Å². The molecule has 1 heterocycles. The Kier molecular flexibility index (Phi) is 6.16. The number of nitrogens with zero attached hydrogens (tertiary/aromatic N) is 1. The number of thiophene rings is 1. The summed E-state index contributed by atoms with van der Waals surface area (Å²) in [6.07, 6.45) is 0.480. The summed E-state index contributed by atoms with van der Waals surface area (Å²) in [7, 11) is 0. The lowest BCUT2D eigenvalue weighted by atomic mass is 10.1. The highest BCUT2D eigenvalue weighted by molar-refractivity contribution is 7.12. The van der Waals surface area contributed by atoms with Gasteiger partial charge in [-0.1, -0.05) is 35.9 Å². The Hall–Kier alpha value is -1.65. The zero-order valence-corrected chi connectivity index (χ0v) is 14.0. The molecule has 0 spiro atoms. The molecule has 22 heavy (non-hydrogen) atoms. The molecule has 116 valence electrons. The quantitative estimate of drug-likeness (QED) is 0.703. The molecule has 1 aromatic heterocycles. The van der Waals surface area contributed by atoms with Crippen LogP contribution in [0.4, 0.5) is 0 Å². The van der Waals surface area contributed by atoms with E-state index >= 15 is 0 Å². The van der Waals surface area contributed by atoms with Gasteiger partial charge < -0.3 is 4.90 Å². The van der Waals surface area contributed by atoms with Crippen molar-refractivity contribution < 1.29 is 9.59 Å². The summed E-state index contributed by atoms with van der Waals surface area (Å²) in [5, 5.41) is 2.52. The van der Waals surface area contributed by atoms with Crippen LogP contribution in [0.15, 0.2) is 41.8 Å². The fourth-order valence-electron chi connectivity index (χ4n) is 2.15. The van der Waals surface area contributed by atoms with Gasteiger partial charge >= 0.3 is 0 Å². The van der Waals surface area contributed by atoms with Crippen molar-refractivity contribution in [2.24, 2.45) is 0 Å². The molecule has 2 aromatic rings. The van der Waals surface area contributed by atoms with Crippen LogP contribution in [-0.2, 0) is 11.3 Å². The van der Waals surface area contributed by atoms with Crippen LogP contribution in [0.5, 0.6) is 0 Å². The average Bonchev–Trinajstić information content (AvgIpc) is 3.06. The van der Waals surface area contributed by atoms with Gasteiger partial charge in [-0.2, -0.15) is 0 Å². The van der Waals surface area contributed by atoms with Crippen LogP contribution in [0.2, 0.25) is 5.02 Å². The maximum absolute atomic E-state index is 12.3. The third-order valence-electron chi connectivity index (χ3n) is 3.42. The molecule has 0 N–H and O–H groups in total. The van der Waals surface area contributed by atoms with E-state index in [9.17, 15) is 9.59 Å². The van der Waals surface area contributed by atoms with E-state index in [2.05, 4.69) is 0 Å². The molecule has 0 fully saturated rings. The Morgan fingerprint density at radius 2 is 1.91 bits per heavy atom. The first-order valence-electron chi connectivity index (χ1n) is 7.19. The fraction of sp³-hybridized carbons (Fsp3) is 0.294. The van der Waals surface area contributed by atoms with E-state index in [1.807, 2.05) is 42.6 Å². The van der Waals surface area contributed by atoms with Gasteiger partial charge in [-0.05, 0) is 30.0 Å². The van der Waals surface area contributed by atoms with Crippen molar-refractivity contribution in [1.82, 2.24) is 4.90 Å². The van der Waals surface area contributed by atoms with Gasteiger partial charge in [-0.3, -0.25) is 9.59 Å². The molecule has 0 saturated heterocycles. The Morgan fingerprint density at radius 3 is 2.55 bits per heavy atom. The molecular formula is C17H18ClNO2S. The standard InChI is InChI=1S/C17H18ClNO2S/c1-2-19(12-13-6-3-4-7-14(13)18)17(21)10-9-15(20)16-8-5-11-22-16/h3-8,11H,2,9-10,12H2,1H3. The van der Waals surface area contributed by atoms with Crippen molar-refractivity contribution in [2.75, 3.05) is 6.54 Å². The summed E-state index contributed by atoms with van der Waals surface area (Å²) in [6, 6.07) is 11.1. The van der Waals surface area contributed by atoms with E-state index in [1.165, 1.54) is 11.3 Å². The van der Waals surface area contributed by atoms with Gasteiger partial charge in [0.05, 0.1) is 4.88 Å². The fourth-order valence-corrected chi connectivity index (χ4v) is 3.04. The molecule has 0 aliphatic rings. The number of hydrogen-bond acceptors (Lipinski definition) is 3. The number of carbonyl (C=O) groups excluding carboxylic acids is 2. The number of hydrogen-bond donors (Lipinski definition) is 0. The molecule has 0 aliphatic heterocycles. The first kappa shape index (κ1) is 16.7. The molecule has 0 unspecified atom stereocenters. The predicted octanol–water partition coefficient (Wildman–Crippen LogP) is 4.41. The van der Waals surface area contributed by atoms with Gasteiger partial charge in [0.25, 0.3) is 0 Å². The van der Waals surface area contributed by atoms with Crippen LogP contribution in [-0.4, -0.2) is 23.1 Å². The minimum atomic E-state index is -0.0210. The number of benzene rings is 1. The molecule has 0 saturated carbocycles. The van der Waals surface area contributed by atoms with Crippen molar-refractivity contribution in [3.8, 4) is 0 Å². The normalized spacial score (nSPS) is 10.5. The summed E-state index contributed by atoms with van der Waals surface area (Å²) in [4.78, 5) is 26.7. The van der Waals surface area contributed by atoms with Crippen LogP contribution in [0.1, 0.15) is 35.0 Å². The smallest absolute Gasteiger partial charge is 0.223 e. The van der Waals surface area contributed by atoms with Crippen LogP contribution in [0.25, 0.3) is 0 Å². The molecule has 5 heteroatoms. The number of amides is 1. The Morgan fingerprint density at radius 1 is 1.14 bits per heavy atom. The van der Waals surface area contributed by atoms with Gasteiger partial charge in [0, 0.05) is 31.0 Å². The van der Waals surface area contributed by atoms with E-state index in [0.29, 0.717) is 23.0 Å². The third-order valence-corrected chi connectivity index (χ3v) is 4.70. The molecule has 2 rings (SSSR count). The molecule has 0 aliphatic carbocycles. The summed E-state index contributed by atoms with van der Waals surface area (Å²) in [6.45, 7) is 3.00. The number of rotatable bonds is 7. The van der Waals surface area contributed by atoms with Crippen molar-refractivity contribution in [1.29, 1.82) is 0 Å². The summed E-state index contributed by atoms with van der Waals surface area (Å²) < 4.78 is 0. The second-order valence-electron chi connectivity index (χ2n) is 4.90. The van der Waals surface area contributed by atoms with E-state index < -0.39 is 0 Å². The topological polar surface area (TPSA) is 37.4 Å². The molecular weight excluding hydrogens is 318 g/mol. The first-order chi connectivity index (χ1) is 10.6. The van der Waals surface area contributed by atoms with Gasteiger partial charge in [0.1, 0.15) is 0 Å². The average molecular weight is 336 g/mol. The monoisotopic (exact) mass is 335 g/mol. The Balaban J connectivity index is 1.92. The Labute approximate surface area is 139 Å². The second-order valence-corrected chi connectivity index (χ2v) is 6.25. The lowest BCUT2D eigenvalue weighted by Crippen LogP contribution is -2.30. The molecule has 0 atom stereocenters. The van der Waals surface area contributed by atoms with E-state index in [-0.39, 0.29) is 24.5 Å². The van der Waals surface area contributed by atoms with Gasteiger partial charge in [0.15, 0.2) is 5.78 Å². The largest absolute Gasteiger partial charge is 0.339 e. The lowest BCUT2D eigenvalue weighted by Gasteiger charge is -2.21. The molecule has 1 aromatic carbocycles. The highest BCUT2D eigenvalue weighted by atomic mass is 35.5. The molecule has 0 bridgehead atoms. The zero-order valence-electron chi connectivity index (χ0n) is 12.4. The minimum Gasteiger partial charge on any atom is -0.339 e. The molecule has 1 amide bonds. The van der Waals surface area contributed by atoms with Crippen molar-refractivity contribution in [3.05, 3.63) is 57.2 Å². The Bertz CT molecular complexity index is 640. The highest BCUT2D eigenvalue weighted by Crippen LogP contribution is 2.18. The zero-order chi connectivity index (χ0) is 15.9. The minimum absolute atomic E-state index is 0.0210. The number of carbonyl (C=O) groups is 2. The highest BCUT2D eigenvalue weighted by Gasteiger charge is 2.16. The number of halogens is 1. The van der Waals surface area contributed by atoms with Crippen molar-refractivity contribution in [3.63, 3.8) is 0 Å². The molecule has 3 nitrogen and oxygen atoms in total. The number of Topliss-reactive ketones (excluding diaryl/α,β-unsaturated/α-hetero) is 1. The summed E-state index contributed by atoms with van der Waals surface area (Å²) in [5.74, 6) is 0.00414. The maximum atomic E-state index is 12.3.